The van der Waals surface area contributed by atoms with E-state index in [0.717, 1.165) is 25.3 Å². The summed E-state index contributed by atoms with van der Waals surface area (Å²) < 4.78 is 40.1. The number of sulfonamides is 1. The highest BCUT2D eigenvalue weighted by Crippen LogP contribution is 2.15. The number of carbonyl (C=O) groups excluding carboxylic acids is 1. The number of nitrogens with one attached hydrogen (secondary N) is 1. The molecule has 1 aliphatic rings. The number of halogens is 1. The lowest BCUT2D eigenvalue weighted by Gasteiger charge is -2.29. The van der Waals surface area contributed by atoms with Crippen LogP contribution in [0.15, 0.2) is 29.2 Å². The van der Waals surface area contributed by atoms with Crippen molar-refractivity contribution in [2.24, 2.45) is 0 Å². The molecule has 1 saturated heterocycles. The fourth-order valence-electron chi connectivity index (χ4n) is 2.40. The van der Waals surface area contributed by atoms with E-state index in [1.54, 1.807) is 4.90 Å². The van der Waals surface area contributed by atoms with Crippen molar-refractivity contribution in [1.82, 2.24) is 9.62 Å². The van der Waals surface area contributed by atoms with Crippen LogP contribution < -0.4 is 4.72 Å². The Morgan fingerprint density at radius 1 is 1.24 bits per heavy atom. The maximum Gasteiger partial charge on any atom is 0.244 e. The van der Waals surface area contributed by atoms with E-state index in [4.69, 9.17) is 0 Å². The minimum Gasteiger partial charge on any atom is -0.341 e. The second-order valence-electron chi connectivity index (χ2n) is 5.16. The number of hydrogen-bond donors (Lipinski definition) is 1. The van der Waals surface area contributed by atoms with Gasteiger partial charge >= 0.3 is 0 Å². The first-order chi connectivity index (χ1) is 9.92. The minimum absolute atomic E-state index is 0.269. The Morgan fingerprint density at radius 3 is 2.48 bits per heavy atom. The van der Waals surface area contributed by atoms with Gasteiger partial charge in [-0.25, -0.2) is 12.8 Å². The highest BCUT2D eigenvalue weighted by Gasteiger charge is 2.27. The van der Waals surface area contributed by atoms with Gasteiger partial charge in [-0.3, -0.25) is 4.79 Å². The van der Waals surface area contributed by atoms with E-state index in [2.05, 4.69) is 4.72 Å². The van der Waals surface area contributed by atoms with Gasteiger partial charge in [-0.05, 0) is 38.3 Å². The molecule has 1 heterocycles. The molecule has 0 aliphatic carbocycles. The maximum absolute atomic E-state index is 13.6. The first-order valence-corrected chi connectivity index (χ1v) is 8.46. The summed E-state index contributed by atoms with van der Waals surface area (Å²) in [6, 6.07) is 4.19. The summed E-state index contributed by atoms with van der Waals surface area (Å²) in [7, 11) is -4.05. The molecule has 1 amide bonds. The number of carbonyl (C=O) groups is 1. The van der Waals surface area contributed by atoms with Crippen LogP contribution in [0.5, 0.6) is 0 Å². The number of nitrogens with zero attached hydrogens (tertiary/aromatic N) is 1. The van der Waals surface area contributed by atoms with Crippen molar-refractivity contribution in [2.75, 3.05) is 13.1 Å². The molecule has 0 saturated carbocycles. The van der Waals surface area contributed by atoms with E-state index in [0.29, 0.717) is 13.1 Å². The number of rotatable bonds is 4. The standard InChI is InChI=1S/C14H19FN2O3S/c1-11(14(18)17-9-5-2-6-10-17)16-21(19,20)13-8-4-3-7-12(13)15/h3-4,7-8,11,16H,2,5-6,9-10H2,1H3. The summed E-state index contributed by atoms with van der Waals surface area (Å²) in [5, 5.41) is 0. The molecule has 1 atom stereocenters. The fraction of sp³-hybridized carbons (Fsp3) is 0.500. The first kappa shape index (κ1) is 15.9. The van der Waals surface area contributed by atoms with Crippen molar-refractivity contribution in [3.63, 3.8) is 0 Å². The maximum atomic E-state index is 13.6. The summed E-state index contributed by atoms with van der Waals surface area (Å²) >= 11 is 0. The monoisotopic (exact) mass is 314 g/mol. The molecule has 7 heteroatoms. The average Bonchev–Trinajstić information content (AvgIpc) is 2.47. The van der Waals surface area contributed by atoms with Crippen molar-refractivity contribution in [3.8, 4) is 0 Å². The predicted molar refractivity (Wildman–Crippen MR) is 76.6 cm³/mol. The van der Waals surface area contributed by atoms with E-state index in [1.807, 2.05) is 0 Å². The summed E-state index contributed by atoms with van der Waals surface area (Å²) in [6.45, 7) is 2.77. The van der Waals surface area contributed by atoms with Crippen LogP contribution in [-0.2, 0) is 14.8 Å². The lowest BCUT2D eigenvalue weighted by atomic mass is 10.1. The Hall–Kier alpha value is -1.47. The molecule has 21 heavy (non-hydrogen) atoms. The highest BCUT2D eigenvalue weighted by molar-refractivity contribution is 7.89. The van der Waals surface area contributed by atoms with Crippen LogP contribution in [0.4, 0.5) is 4.39 Å². The van der Waals surface area contributed by atoms with Crippen LogP contribution in [0.3, 0.4) is 0 Å². The highest BCUT2D eigenvalue weighted by atomic mass is 32.2. The van der Waals surface area contributed by atoms with Gasteiger partial charge in [0.25, 0.3) is 0 Å². The summed E-state index contributed by atoms with van der Waals surface area (Å²) in [5.41, 5.74) is 0. The molecule has 116 valence electrons. The van der Waals surface area contributed by atoms with Gasteiger partial charge < -0.3 is 4.90 Å². The molecule has 0 aromatic heterocycles. The van der Waals surface area contributed by atoms with E-state index in [-0.39, 0.29) is 5.91 Å². The predicted octanol–water partition coefficient (Wildman–Crippen LogP) is 1.51. The van der Waals surface area contributed by atoms with Crippen LogP contribution >= 0.6 is 0 Å². The third-order valence-corrected chi connectivity index (χ3v) is 5.07. The van der Waals surface area contributed by atoms with Crippen LogP contribution in [0, 0.1) is 5.82 Å². The summed E-state index contributed by atoms with van der Waals surface area (Å²) in [4.78, 5) is 13.4. The number of likely N-dealkylation sites (tertiary alicyclic amines) is 1. The van der Waals surface area contributed by atoms with Crippen LogP contribution in [-0.4, -0.2) is 38.4 Å². The largest absolute Gasteiger partial charge is 0.341 e. The Balaban J connectivity index is 2.09. The van der Waals surface area contributed by atoms with Crippen molar-refractivity contribution >= 4 is 15.9 Å². The Kier molecular flexibility index (Phi) is 4.95. The lowest BCUT2D eigenvalue weighted by Crippen LogP contribution is -2.48. The Labute approximate surface area is 124 Å². The smallest absolute Gasteiger partial charge is 0.244 e. The number of amides is 1. The van der Waals surface area contributed by atoms with Gasteiger partial charge in [0, 0.05) is 13.1 Å². The van der Waals surface area contributed by atoms with Crippen LogP contribution in [0.1, 0.15) is 26.2 Å². The van der Waals surface area contributed by atoms with Gasteiger partial charge in [0.1, 0.15) is 10.7 Å². The Bertz CT molecular complexity index is 612. The van der Waals surface area contributed by atoms with E-state index >= 15 is 0 Å². The Morgan fingerprint density at radius 2 is 1.86 bits per heavy atom. The topological polar surface area (TPSA) is 66.5 Å². The van der Waals surface area contributed by atoms with E-state index in [1.165, 1.54) is 25.1 Å². The second kappa shape index (κ2) is 6.53. The molecule has 1 fully saturated rings. The lowest BCUT2D eigenvalue weighted by molar-refractivity contribution is -0.133. The molecule has 1 aromatic rings. The number of piperidine rings is 1. The van der Waals surface area contributed by atoms with Gasteiger partial charge in [0.15, 0.2) is 0 Å². The second-order valence-corrected chi connectivity index (χ2v) is 6.84. The average molecular weight is 314 g/mol. The third kappa shape index (κ3) is 3.79. The number of hydrogen-bond acceptors (Lipinski definition) is 3. The van der Waals surface area contributed by atoms with Crippen molar-refractivity contribution in [3.05, 3.63) is 30.1 Å². The molecule has 0 radical (unpaired) electrons. The van der Waals surface area contributed by atoms with Gasteiger partial charge in [0.05, 0.1) is 6.04 Å². The zero-order chi connectivity index (χ0) is 15.5. The molecular formula is C14H19FN2O3S. The molecule has 0 bridgehead atoms. The van der Waals surface area contributed by atoms with Crippen LogP contribution in [0.25, 0.3) is 0 Å². The van der Waals surface area contributed by atoms with Crippen LogP contribution in [0.2, 0.25) is 0 Å². The molecule has 1 aromatic carbocycles. The van der Waals surface area contributed by atoms with Gasteiger partial charge in [-0.15, -0.1) is 0 Å². The SMILES string of the molecule is CC(NS(=O)(=O)c1ccccc1F)C(=O)N1CCCCC1. The number of benzene rings is 1. The van der Waals surface area contributed by atoms with Crippen molar-refractivity contribution in [2.45, 2.75) is 37.1 Å². The molecule has 5 nitrogen and oxygen atoms in total. The zero-order valence-electron chi connectivity index (χ0n) is 11.9. The van der Waals surface area contributed by atoms with E-state index in [9.17, 15) is 17.6 Å². The fourth-order valence-corrected chi connectivity index (χ4v) is 3.67. The third-order valence-electron chi connectivity index (χ3n) is 3.50. The molecule has 0 spiro atoms. The quantitative estimate of drug-likeness (QED) is 0.916. The van der Waals surface area contributed by atoms with Crippen molar-refractivity contribution < 1.29 is 17.6 Å². The summed E-state index contributed by atoms with van der Waals surface area (Å²) in [6.07, 6.45) is 2.94. The normalized spacial score (nSPS) is 17.5. The van der Waals surface area contributed by atoms with Gasteiger partial charge in [0.2, 0.25) is 15.9 Å². The first-order valence-electron chi connectivity index (χ1n) is 6.97. The zero-order valence-corrected chi connectivity index (χ0v) is 12.7. The minimum atomic E-state index is -4.05. The molecular weight excluding hydrogens is 295 g/mol. The van der Waals surface area contributed by atoms with E-state index < -0.39 is 26.8 Å². The van der Waals surface area contributed by atoms with Gasteiger partial charge in [-0.2, -0.15) is 4.72 Å². The molecule has 1 unspecified atom stereocenters. The molecule has 1 N–H and O–H groups in total. The molecule has 1 aliphatic heterocycles. The molecule has 2 rings (SSSR count). The van der Waals surface area contributed by atoms with Gasteiger partial charge in [-0.1, -0.05) is 12.1 Å². The summed E-state index contributed by atoms with van der Waals surface area (Å²) in [5.74, 6) is -1.10. The van der Waals surface area contributed by atoms with Crippen molar-refractivity contribution in [1.29, 1.82) is 0 Å².